The first-order valence-electron chi connectivity index (χ1n) is 15.1. The second-order valence-corrected chi connectivity index (χ2v) is 11.1. The minimum atomic E-state index is -0.479. The summed E-state index contributed by atoms with van der Waals surface area (Å²) in [6.07, 6.45) is 3.25. The lowest BCUT2D eigenvalue weighted by molar-refractivity contribution is 0.0543. The Morgan fingerprint density at radius 2 is 1.72 bits per heavy atom. The van der Waals surface area contributed by atoms with E-state index < -0.39 is 5.97 Å². The van der Waals surface area contributed by atoms with Crippen LogP contribution in [-0.4, -0.2) is 72.7 Å². The number of ether oxygens (including phenoxy) is 3. The lowest BCUT2D eigenvalue weighted by Crippen LogP contribution is -2.50. The normalized spacial score (nSPS) is 15.7. The number of piperidine rings is 1. The van der Waals surface area contributed by atoms with Gasteiger partial charge >= 0.3 is 5.97 Å². The predicted octanol–water partition coefficient (Wildman–Crippen LogP) is 5.83. The Kier molecular flexibility index (Phi) is 9.60. The molecule has 5 rings (SSSR count). The zero-order valence-electron chi connectivity index (χ0n) is 25.5. The summed E-state index contributed by atoms with van der Waals surface area (Å²) in [6.45, 7) is 9.89. The zero-order valence-corrected chi connectivity index (χ0v) is 25.5. The van der Waals surface area contributed by atoms with Crippen LogP contribution in [-0.2, 0) is 17.7 Å². The molecule has 0 radical (unpaired) electrons. The van der Waals surface area contributed by atoms with Crippen molar-refractivity contribution in [3.8, 4) is 22.6 Å². The number of fused-ring (bicyclic) bond motifs is 1. The minimum absolute atomic E-state index is 0.0622. The third-order valence-corrected chi connectivity index (χ3v) is 8.20. The number of amides is 1. The zero-order chi connectivity index (χ0) is 30.5. The van der Waals surface area contributed by atoms with E-state index in [0.29, 0.717) is 43.0 Å². The molecule has 0 unspecified atom stereocenters. The number of benzene rings is 2. The molecular formula is C34H40FN3O5. The van der Waals surface area contributed by atoms with Gasteiger partial charge < -0.3 is 19.1 Å². The Hall–Kier alpha value is -3.98. The Bertz CT molecular complexity index is 1470. The predicted molar refractivity (Wildman–Crippen MR) is 162 cm³/mol. The number of aryl methyl sites for hydroxylation is 1. The maximum Gasteiger partial charge on any atom is 0.339 e. The number of methoxy groups -OCH3 is 1. The van der Waals surface area contributed by atoms with E-state index in [-0.39, 0.29) is 17.8 Å². The van der Waals surface area contributed by atoms with E-state index in [1.165, 1.54) is 19.2 Å². The van der Waals surface area contributed by atoms with E-state index in [1.54, 1.807) is 25.1 Å². The van der Waals surface area contributed by atoms with Crippen molar-refractivity contribution in [1.29, 1.82) is 0 Å². The molecule has 0 saturated carbocycles. The number of hydrogen-bond donors (Lipinski definition) is 0. The number of aromatic nitrogens is 1. The molecule has 1 amide bonds. The number of likely N-dealkylation sites (tertiary alicyclic amines) is 1. The van der Waals surface area contributed by atoms with Crippen LogP contribution in [0, 0.1) is 12.7 Å². The van der Waals surface area contributed by atoms with E-state index in [4.69, 9.17) is 14.2 Å². The van der Waals surface area contributed by atoms with E-state index in [0.717, 1.165) is 72.8 Å². The van der Waals surface area contributed by atoms with Crippen LogP contribution in [0.25, 0.3) is 11.1 Å². The summed E-state index contributed by atoms with van der Waals surface area (Å²) in [4.78, 5) is 34.6. The van der Waals surface area contributed by atoms with Crippen molar-refractivity contribution >= 4 is 11.9 Å². The second kappa shape index (κ2) is 13.5. The van der Waals surface area contributed by atoms with E-state index >= 15 is 0 Å². The molecule has 0 spiro atoms. The van der Waals surface area contributed by atoms with Crippen LogP contribution in [0.5, 0.6) is 11.5 Å². The number of pyridine rings is 1. The molecule has 228 valence electrons. The fourth-order valence-electron chi connectivity index (χ4n) is 6.06. The van der Waals surface area contributed by atoms with Gasteiger partial charge in [0.05, 0.1) is 48.4 Å². The molecule has 43 heavy (non-hydrogen) atoms. The van der Waals surface area contributed by atoms with Crippen molar-refractivity contribution < 1.29 is 28.2 Å². The van der Waals surface area contributed by atoms with Crippen LogP contribution in [0.15, 0.2) is 42.5 Å². The van der Waals surface area contributed by atoms with Crippen LogP contribution in [0.1, 0.15) is 70.8 Å². The first-order valence-corrected chi connectivity index (χ1v) is 15.1. The van der Waals surface area contributed by atoms with Crippen molar-refractivity contribution in [3.63, 3.8) is 0 Å². The quantitative estimate of drug-likeness (QED) is 0.275. The first-order chi connectivity index (χ1) is 20.8. The van der Waals surface area contributed by atoms with Crippen molar-refractivity contribution in [2.75, 3.05) is 40.0 Å². The number of hydrogen-bond acceptors (Lipinski definition) is 7. The number of esters is 1. The van der Waals surface area contributed by atoms with E-state index in [2.05, 4.69) is 28.9 Å². The molecule has 1 fully saturated rings. The topological polar surface area (TPSA) is 81.2 Å². The molecule has 8 nitrogen and oxygen atoms in total. The highest BCUT2D eigenvalue weighted by Gasteiger charge is 2.34. The molecule has 2 aliphatic heterocycles. The van der Waals surface area contributed by atoms with Crippen LogP contribution in [0.4, 0.5) is 4.39 Å². The Morgan fingerprint density at radius 3 is 2.37 bits per heavy atom. The second-order valence-electron chi connectivity index (χ2n) is 11.1. The monoisotopic (exact) mass is 589 g/mol. The van der Waals surface area contributed by atoms with E-state index in [1.807, 2.05) is 11.8 Å². The van der Waals surface area contributed by atoms with E-state index in [9.17, 15) is 14.0 Å². The van der Waals surface area contributed by atoms with Gasteiger partial charge in [-0.3, -0.25) is 14.7 Å². The Labute approximate surface area is 252 Å². The van der Waals surface area contributed by atoms with Crippen molar-refractivity contribution in [2.24, 2.45) is 0 Å². The molecule has 3 aromatic rings. The summed E-state index contributed by atoms with van der Waals surface area (Å²) in [5.74, 6) is 0.628. The number of carbonyl (C=O) groups is 2. The van der Waals surface area contributed by atoms with Crippen molar-refractivity contribution in [1.82, 2.24) is 14.8 Å². The summed E-state index contributed by atoms with van der Waals surface area (Å²) in [5.41, 5.74) is 4.94. The average molecular weight is 590 g/mol. The third-order valence-electron chi connectivity index (χ3n) is 8.20. The molecule has 2 aromatic carbocycles. The highest BCUT2D eigenvalue weighted by Crippen LogP contribution is 2.40. The van der Waals surface area contributed by atoms with Gasteiger partial charge in [-0.1, -0.05) is 19.1 Å². The molecular weight excluding hydrogens is 549 g/mol. The molecule has 0 aliphatic carbocycles. The third kappa shape index (κ3) is 6.67. The lowest BCUT2D eigenvalue weighted by atomic mass is 9.95. The number of carbonyl (C=O) groups excluding carboxylic acids is 2. The van der Waals surface area contributed by atoms with Gasteiger partial charge in [0.1, 0.15) is 17.3 Å². The van der Waals surface area contributed by atoms with Gasteiger partial charge in [0.25, 0.3) is 5.91 Å². The molecule has 9 heteroatoms. The number of halogens is 1. The Balaban J connectivity index is 1.30. The van der Waals surface area contributed by atoms with Gasteiger partial charge in [-0.15, -0.1) is 0 Å². The summed E-state index contributed by atoms with van der Waals surface area (Å²) >= 11 is 0. The molecule has 0 N–H and O–H groups in total. The van der Waals surface area contributed by atoms with Gasteiger partial charge in [0, 0.05) is 38.6 Å². The van der Waals surface area contributed by atoms with Gasteiger partial charge in [-0.2, -0.15) is 0 Å². The van der Waals surface area contributed by atoms with Crippen LogP contribution < -0.4 is 9.47 Å². The van der Waals surface area contributed by atoms with Crippen LogP contribution in [0.3, 0.4) is 0 Å². The average Bonchev–Trinajstić information content (AvgIpc) is 3.01. The van der Waals surface area contributed by atoms with Crippen molar-refractivity contribution in [3.05, 3.63) is 76.4 Å². The van der Waals surface area contributed by atoms with Gasteiger partial charge in [0.15, 0.2) is 0 Å². The maximum atomic E-state index is 13.7. The van der Waals surface area contributed by atoms with Gasteiger partial charge in [-0.25, -0.2) is 9.18 Å². The lowest BCUT2D eigenvalue weighted by Gasteiger charge is -2.40. The summed E-state index contributed by atoms with van der Waals surface area (Å²) < 4.78 is 30.8. The minimum Gasteiger partial charge on any atom is -0.493 e. The molecule has 0 atom stereocenters. The molecule has 2 aliphatic rings. The maximum absolute atomic E-state index is 13.7. The van der Waals surface area contributed by atoms with Gasteiger partial charge in [-0.05, 0) is 74.6 Å². The Morgan fingerprint density at radius 1 is 1.02 bits per heavy atom. The smallest absolute Gasteiger partial charge is 0.339 e. The SMILES string of the molecule is CCCOc1cc(CN2CCC(N3CCc4nc(C)c(C(=O)OC)cc4C3=O)CC2)cc(OCC)c1-c1ccc(F)cc1. The highest BCUT2D eigenvalue weighted by atomic mass is 19.1. The van der Waals surface area contributed by atoms with Gasteiger partial charge in [0.2, 0.25) is 0 Å². The number of rotatable bonds is 10. The van der Waals surface area contributed by atoms with Crippen LogP contribution >= 0.6 is 0 Å². The summed E-state index contributed by atoms with van der Waals surface area (Å²) in [7, 11) is 1.33. The van der Waals surface area contributed by atoms with Crippen LogP contribution in [0.2, 0.25) is 0 Å². The largest absolute Gasteiger partial charge is 0.493 e. The standard InChI is InChI=1S/C34H40FN3O5/c1-5-17-43-31-19-23(18-30(42-6-2)32(31)24-7-9-25(35)10-8-24)21-37-14-11-26(12-15-37)38-16-13-29-28(33(38)39)20-27(22(3)36-29)34(40)41-4/h7-10,18-20,26H,5-6,11-17,21H2,1-4H3. The highest BCUT2D eigenvalue weighted by molar-refractivity contribution is 6.00. The summed E-state index contributed by atoms with van der Waals surface area (Å²) in [5, 5.41) is 0. The molecule has 3 heterocycles. The molecule has 1 aromatic heterocycles. The molecule has 1 saturated heterocycles. The fourth-order valence-corrected chi connectivity index (χ4v) is 6.06. The van der Waals surface area contributed by atoms with Crippen molar-refractivity contribution in [2.45, 2.75) is 59.0 Å². The summed E-state index contributed by atoms with van der Waals surface area (Å²) in [6, 6.07) is 12.3. The molecule has 0 bridgehead atoms. The number of nitrogens with zero attached hydrogens (tertiary/aromatic N) is 3. The first kappa shape index (κ1) is 30.5. The fraction of sp³-hybridized carbons (Fsp3) is 0.441.